The maximum absolute atomic E-state index is 10.8. The molecule has 1 aliphatic carbocycles. The Labute approximate surface area is 115 Å². The van der Waals surface area contributed by atoms with Gasteiger partial charge < -0.3 is 5.32 Å². The van der Waals surface area contributed by atoms with E-state index in [0.717, 1.165) is 12.1 Å². The topological polar surface area (TPSA) is 55.2 Å². The van der Waals surface area contributed by atoms with Crippen molar-refractivity contribution in [1.29, 1.82) is 0 Å². The summed E-state index contributed by atoms with van der Waals surface area (Å²) in [5.41, 5.74) is 0.866. The lowest BCUT2D eigenvalue weighted by atomic mass is 10.2. The van der Waals surface area contributed by atoms with Crippen molar-refractivity contribution in [3.63, 3.8) is 0 Å². The Morgan fingerprint density at radius 3 is 2.83 bits per heavy atom. The van der Waals surface area contributed by atoms with Crippen LogP contribution in [-0.4, -0.2) is 22.5 Å². The van der Waals surface area contributed by atoms with E-state index in [4.69, 9.17) is 11.6 Å². The first kappa shape index (κ1) is 13.6. The van der Waals surface area contributed by atoms with Gasteiger partial charge in [0, 0.05) is 23.9 Å². The van der Waals surface area contributed by atoms with Crippen LogP contribution in [0.25, 0.3) is 0 Å². The van der Waals surface area contributed by atoms with Crippen molar-refractivity contribution in [1.82, 2.24) is 5.32 Å². The first-order chi connectivity index (χ1) is 8.56. The molecule has 0 aliphatic heterocycles. The third kappa shape index (κ3) is 3.16. The quantitative estimate of drug-likeness (QED) is 0.644. The number of nitrogens with zero attached hydrogens (tertiary/aromatic N) is 1. The third-order valence-corrected chi connectivity index (χ3v) is 4.96. The Bertz CT molecular complexity index is 463. The molecule has 1 N–H and O–H groups in total. The molecule has 0 heterocycles. The molecule has 0 spiro atoms. The largest absolute Gasteiger partial charge is 0.311 e. The molecule has 1 aromatic rings. The third-order valence-electron chi connectivity index (χ3n) is 3.22. The maximum atomic E-state index is 10.8. The van der Waals surface area contributed by atoms with E-state index in [9.17, 15) is 10.1 Å². The Morgan fingerprint density at radius 2 is 2.28 bits per heavy atom. The number of rotatable bonds is 6. The van der Waals surface area contributed by atoms with Crippen molar-refractivity contribution >= 4 is 29.1 Å². The fourth-order valence-electron chi connectivity index (χ4n) is 1.84. The summed E-state index contributed by atoms with van der Waals surface area (Å²) in [5, 5.41) is 14.3. The van der Waals surface area contributed by atoms with Gasteiger partial charge in [-0.2, -0.15) is 11.8 Å². The van der Waals surface area contributed by atoms with Gasteiger partial charge in [0.05, 0.1) is 4.92 Å². The lowest BCUT2D eigenvalue weighted by Crippen LogP contribution is -2.25. The van der Waals surface area contributed by atoms with E-state index >= 15 is 0 Å². The molecule has 0 bridgehead atoms. The van der Waals surface area contributed by atoms with Crippen LogP contribution in [0.2, 0.25) is 5.02 Å². The van der Waals surface area contributed by atoms with Gasteiger partial charge >= 0.3 is 0 Å². The van der Waals surface area contributed by atoms with Crippen LogP contribution in [0.1, 0.15) is 18.4 Å². The van der Waals surface area contributed by atoms with E-state index in [1.54, 1.807) is 6.07 Å². The number of nitro groups is 1. The molecule has 0 radical (unpaired) electrons. The van der Waals surface area contributed by atoms with Crippen LogP contribution in [0.4, 0.5) is 5.69 Å². The zero-order valence-electron chi connectivity index (χ0n) is 10.1. The fourth-order valence-corrected chi connectivity index (χ4v) is 2.78. The van der Waals surface area contributed by atoms with Crippen LogP contribution in [0.15, 0.2) is 18.2 Å². The van der Waals surface area contributed by atoms with Crippen molar-refractivity contribution in [3.8, 4) is 0 Å². The highest BCUT2D eigenvalue weighted by molar-refractivity contribution is 8.00. The molecule has 6 heteroatoms. The second-order valence-electron chi connectivity index (χ2n) is 4.53. The highest BCUT2D eigenvalue weighted by Crippen LogP contribution is 2.46. The van der Waals surface area contributed by atoms with E-state index in [1.807, 2.05) is 17.8 Å². The van der Waals surface area contributed by atoms with Gasteiger partial charge in [-0.3, -0.25) is 10.1 Å². The van der Waals surface area contributed by atoms with E-state index in [0.29, 0.717) is 11.3 Å². The summed E-state index contributed by atoms with van der Waals surface area (Å²) in [6.45, 7) is 1.59. The first-order valence-electron chi connectivity index (χ1n) is 5.75. The molecule has 4 nitrogen and oxygen atoms in total. The van der Waals surface area contributed by atoms with Crippen LogP contribution in [-0.2, 0) is 6.54 Å². The minimum Gasteiger partial charge on any atom is -0.311 e. The maximum Gasteiger partial charge on any atom is 0.288 e. The predicted octanol–water partition coefficient (Wildman–Crippen LogP) is 3.23. The van der Waals surface area contributed by atoms with E-state index in [1.165, 1.54) is 18.9 Å². The van der Waals surface area contributed by atoms with Crippen molar-refractivity contribution in [2.24, 2.45) is 0 Å². The molecular formula is C12H15ClN2O2S. The summed E-state index contributed by atoms with van der Waals surface area (Å²) < 4.78 is 0.401. The highest BCUT2D eigenvalue weighted by Gasteiger charge is 2.41. The van der Waals surface area contributed by atoms with Crippen molar-refractivity contribution in [2.45, 2.75) is 24.1 Å². The van der Waals surface area contributed by atoms with Crippen LogP contribution >= 0.6 is 23.4 Å². The Balaban J connectivity index is 1.93. The highest BCUT2D eigenvalue weighted by atomic mass is 35.5. The number of thioether (sulfide) groups is 1. The van der Waals surface area contributed by atoms with Crippen molar-refractivity contribution in [2.75, 3.05) is 12.8 Å². The monoisotopic (exact) mass is 286 g/mol. The minimum atomic E-state index is -0.448. The summed E-state index contributed by atoms with van der Waals surface area (Å²) >= 11 is 7.66. The smallest absolute Gasteiger partial charge is 0.288 e. The second-order valence-corrected chi connectivity index (χ2v) is 6.22. The van der Waals surface area contributed by atoms with Gasteiger partial charge in [0.15, 0.2) is 0 Å². The summed E-state index contributed by atoms with van der Waals surface area (Å²) in [6.07, 6.45) is 4.63. The number of hydrogen-bond acceptors (Lipinski definition) is 4. The molecule has 1 aliphatic rings. The molecular weight excluding hydrogens is 272 g/mol. The number of benzene rings is 1. The molecule has 0 amide bonds. The van der Waals surface area contributed by atoms with Gasteiger partial charge in [0.1, 0.15) is 5.02 Å². The van der Waals surface area contributed by atoms with Gasteiger partial charge in [-0.1, -0.05) is 17.7 Å². The van der Waals surface area contributed by atoms with Crippen molar-refractivity contribution < 1.29 is 4.92 Å². The summed E-state index contributed by atoms with van der Waals surface area (Å²) in [6, 6.07) is 4.94. The van der Waals surface area contributed by atoms with E-state index in [2.05, 4.69) is 11.6 Å². The molecule has 98 valence electrons. The molecule has 18 heavy (non-hydrogen) atoms. The zero-order valence-corrected chi connectivity index (χ0v) is 11.7. The first-order valence-corrected chi connectivity index (χ1v) is 7.35. The number of nitro benzene ring substituents is 1. The average Bonchev–Trinajstić information content (AvgIpc) is 3.11. The second kappa shape index (κ2) is 5.47. The predicted molar refractivity (Wildman–Crippen MR) is 75.3 cm³/mol. The molecule has 1 aromatic carbocycles. The molecule has 0 atom stereocenters. The van der Waals surface area contributed by atoms with Crippen molar-refractivity contribution in [3.05, 3.63) is 38.9 Å². The zero-order chi connectivity index (χ0) is 13.2. The molecule has 0 aromatic heterocycles. The Morgan fingerprint density at radius 1 is 1.56 bits per heavy atom. The lowest BCUT2D eigenvalue weighted by Gasteiger charge is -2.13. The normalized spacial score (nSPS) is 16.6. The molecule has 1 fully saturated rings. The van der Waals surface area contributed by atoms with Crippen LogP contribution in [0.5, 0.6) is 0 Å². The SMILES string of the molecule is CSC1(CNCc2ccc(Cl)c([N+](=O)[O-])c2)CC1. The molecule has 0 saturated heterocycles. The van der Waals surface area contributed by atoms with Gasteiger partial charge in [0.2, 0.25) is 0 Å². The van der Waals surface area contributed by atoms with E-state index in [-0.39, 0.29) is 10.7 Å². The average molecular weight is 287 g/mol. The van der Waals surface area contributed by atoms with Crippen LogP contribution < -0.4 is 5.32 Å². The molecule has 1 saturated carbocycles. The Kier molecular flexibility index (Phi) is 4.14. The lowest BCUT2D eigenvalue weighted by molar-refractivity contribution is -0.384. The summed E-state index contributed by atoms with van der Waals surface area (Å²) in [4.78, 5) is 10.3. The van der Waals surface area contributed by atoms with Gasteiger partial charge in [-0.25, -0.2) is 0 Å². The van der Waals surface area contributed by atoms with Crippen LogP contribution in [0.3, 0.4) is 0 Å². The Hall–Kier alpha value is -0.780. The summed E-state index contributed by atoms with van der Waals surface area (Å²) in [5.74, 6) is 0. The van der Waals surface area contributed by atoms with Gasteiger partial charge in [-0.15, -0.1) is 0 Å². The standard InChI is InChI=1S/C12H15ClN2O2S/c1-18-12(4-5-12)8-14-7-9-2-3-10(13)11(6-9)15(16)17/h2-3,6,14H,4-5,7-8H2,1H3. The molecule has 2 rings (SSSR count). The van der Waals surface area contributed by atoms with E-state index < -0.39 is 4.92 Å². The van der Waals surface area contributed by atoms with Gasteiger partial charge in [0.25, 0.3) is 5.69 Å². The van der Waals surface area contributed by atoms with Crippen LogP contribution in [0, 0.1) is 10.1 Å². The molecule has 0 unspecified atom stereocenters. The number of hydrogen-bond donors (Lipinski definition) is 1. The van der Waals surface area contributed by atoms with Gasteiger partial charge in [-0.05, 0) is 30.7 Å². The fraction of sp³-hybridized carbons (Fsp3) is 0.500. The number of nitrogens with one attached hydrogen (secondary N) is 1. The minimum absolute atomic E-state index is 0.0260. The number of halogens is 1. The summed E-state index contributed by atoms with van der Waals surface area (Å²) in [7, 11) is 0.